The summed E-state index contributed by atoms with van der Waals surface area (Å²) in [5.74, 6) is 0.957. The minimum Gasteiger partial charge on any atom is -0.342 e. The van der Waals surface area contributed by atoms with Gasteiger partial charge in [-0.25, -0.2) is 0 Å². The van der Waals surface area contributed by atoms with Crippen LogP contribution in [0.5, 0.6) is 0 Å². The molecular formula is C15H28Cl2N4O. The number of carbonyl (C=O) groups is 1. The number of nitrogens with one attached hydrogen (secondary N) is 1. The average molecular weight is 351 g/mol. The van der Waals surface area contributed by atoms with E-state index in [4.69, 9.17) is 0 Å². The maximum atomic E-state index is 12.4. The Morgan fingerprint density at radius 2 is 1.86 bits per heavy atom. The highest BCUT2D eigenvalue weighted by atomic mass is 35.5. The van der Waals surface area contributed by atoms with E-state index in [1.54, 1.807) is 0 Å². The van der Waals surface area contributed by atoms with Gasteiger partial charge in [0.05, 0.1) is 12.1 Å². The summed E-state index contributed by atoms with van der Waals surface area (Å²) in [4.78, 5) is 14.4. The molecule has 1 aromatic rings. The standard InChI is InChI=1S/C15H26N4O.2ClH/c1-11-14(12(2)18(4)17-11)9-15(20)19-7-5-13(6-8-19)10-16-3;;/h13,16H,5-10H2,1-4H3;2*1H. The number of piperidine rings is 1. The van der Waals surface area contributed by atoms with Gasteiger partial charge in [0.15, 0.2) is 0 Å². The molecule has 5 nitrogen and oxygen atoms in total. The van der Waals surface area contributed by atoms with Crippen LogP contribution in [0.25, 0.3) is 0 Å². The van der Waals surface area contributed by atoms with Gasteiger partial charge >= 0.3 is 0 Å². The summed E-state index contributed by atoms with van der Waals surface area (Å²) >= 11 is 0. The average Bonchev–Trinajstić information content (AvgIpc) is 2.66. The van der Waals surface area contributed by atoms with Crippen molar-refractivity contribution in [3.8, 4) is 0 Å². The fraction of sp³-hybridized carbons (Fsp3) is 0.733. The monoisotopic (exact) mass is 350 g/mol. The van der Waals surface area contributed by atoms with Gasteiger partial charge < -0.3 is 10.2 Å². The Kier molecular flexibility index (Phi) is 9.05. The topological polar surface area (TPSA) is 50.2 Å². The van der Waals surface area contributed by atoms with E-state index in [-0.39, 0.29) is 30.7 Å². The van der Waals surface area contributed by atoms with Crippen LogP contribution in [-0.2, 0) is 18.3 Å². The van der Waals surface area contributed by atoms with Crippen molar-refractivity contribution in [3.63, 3.8) is 0 Å². The van der Waals surface area contributed by atoms with Crippen LogP contribution in [0.4, 0.5) is 0 Å². The second kappa shape index (κ2) is 9.38. The van der Waals surface area contributed by atoms with Crippen LogP contribution < -0.4 is 5.32 Å². The van der Waals surface area contributed by atoms with E-state index < -0.39 is 0 Å². The zero-order valence-corrected chi connectivity index (χ0v) is 15.5. The lowest BCUT2D eigenvalue weighted by Crippen LogP contribution is -2.41. The molecule has 1 fully saturated rings. The number of likely N-dealkylation sites (tertiary alicyclic amines) is 1. The second-order valence-electron chi connectivity index (χ2n) is 5.83. The molecule has 0 atom stereocenters. The molecule has 1 aromatic heterocycles. The minimum absolute atomic E-state index is 0. The summed E-state index contributed by atoms with van der Waals surface area (Å²) in [6, 6.07) is 0. The zero-order chi connectivity index (χ0) is 14.7. The number of hydrogen-bond donors (Lipinski definition) is 1. The molecule has 1 saturated heterocycles. The molecule has 1 aliphatic rings. The van der Waals surface area contributed by atoms with Crippen molar-refractivity contribution in [2.45, 2.75) is 33.1 Å². The normalized spacial score (nSPS) is 15.2. The molecule has 1 N–H and O–H groups in total. The third kappa shape index (κ3) is 4.86. The molecule has 2 heterocycles. The van der Waals surface area contributed by atoms with E-state index in [0.717, 1.165) is 49.4 Å². The number of amides is 1. The van der Waals surface area contributed by atoms with Gasteiger partial charge in [-0.1, -0.05) is 0 Å². The first-order valence-electron chi connectivity index (χ1n) is 7.44. The summed E-state index contributed by atoms with van der Waals surface area (Å²) in [7, 11) is 3.92. The predicted octanol–water partition coefficient (Wildman–Crippen LogP) is 1.88. The van der Waals surface area contributed by atoms with Crippen molar-refractivity contribution in [3.05, 3.63) is 17.0 Å². The van der Waals surface area contributed by atoms with Crippen LogP contribution in [0.1, 0.15) is 29.8 Å². The number of rotatable bonds is 4. The van der Waals surface area contributed by atoms with E-state index in [0.29, 0.717) is 12.3 Å². The van der Waals surface area contributed by atoms with Crippen molar-refractivity contribution in [1.29, 1.82) is 0 Å². The fourth-order valence-electron chi connectivity index (χ4n) is 3.01. The van der Waals surface area contributed by atoms with Gasteiger partial charge in [0.2, 0.25) is 5.91 Å². The molecule has 128 valence electrons. The first kappa shape index (κ1) is 21.2. The number of aryl methyl sites for hydroxylation is 2. The van der Waals surface area contributed by atoms with Crippen molar-refractivity contribution in [1.82, 2.24) is 20.0 Å². The van der Waals surface area contributed by atoms with E-state index in [1.165, 1.54) is 0 Å². The predicted molar refractivity (Wildman–Crippen MR) is 94.1 cm³/mol. The van der Waals surface area contributed by atoms with Crippen LogP contribution in [-0.4, -0.2) is 47.3 Å². The van der Waals surface area contributed by atoms with Gasteiger partial charge in [-0.2, -0.15) is 5.10 Å². The van der Waals surface area contributed by atoms with Gasteiger partial charge in [0.1, 0.15) is 0 Å². The maximum Gasteiger partial charge on any atom is 0.227 e. The summed E-state index contributed by atoms with van der Waals surface area (Å²) in [5.41, 5.74) is 3.17. The zero-order valence-electron chi connectivity index (χ0n) is 13.9. The Hall–Kier alpha value is -0.780. The van der Waals surface area contributed by atoms with Crippen molar-refractivity contribution >= 4 is 30.7 Å². The molecule has 0 aliphatic carbocycles. The highest BCUT2D eigenvalue weighted by Crippen LogP contribution is 2.19. The van der Waals surface area contributed by atoms with Crippen LogP contribution in [0.2, 0.25) is 0 Å². The van der Waals surface area contributed by atoms with Crippen molar-refractivity contribution in [2.24, 2.45) is 13.0 Å². The summed E-state index contributed by atoms with van der Waals surface area (Å²) in [6.07, 6.45) is 2.71. The number of hydrogen-bond acceptors (Lipinski definition) is 3. The molecule has 0 aromatic carbocycles. The molecule has 0 saturated carbocycles. The lowest BCUT2D eigenvalue weighted by Gasteiger charge is -2.32. The van der Waals surface area contributed by atoms with Crippen LogP contribution >= 0.6 is 24.8 Å². The highest BCUT2D eigenvalue weighted by molar-refractivity contribution is 5.85. The first-order chi connectivity index (χ1) is 9.52. The molecule has 0 radical (unpaired) electrons. The molecule has 0 unspecified atom stereocenters. The van der Waals surface area contributed by atoms with Crippen molar-refractivity contribution < 1.29 is 4.79 Å². The summed E-state index contributed by atoms with van der Waals surface area (Å²) < 4.78 is 1.86. The van der Waals surface area contributed by atoms with Crippen LogP contribution in [0.3, 0.4) is 0 Å². The SMILES string of the molecule is CNCC1CCN(C(=O)Cc2c(C)nn(C)c2C)CC1.Cl.Cl. The van der Waals surface area contributed by atoms with E-state index in [2.05, 4.69) is 10.4 Å². The molecule has 0 spiro atoms. The van der Waals surface area contributed by atoms with Gasteiger partial charge in [-0.05, 0) is 46.2 Å². The van der Waals surface area contributed by atoms with Crippen LogP contribution in [0, 0.1) is 19.8 Å². The maximum absolute atomic E-state index is 12.4. The smallest absolute Gasteiger partial charge is 0.227 e. The summed E-state index contributed by atoms with van der Waals surface area (Å²) in [6.45, 7) is 6.85. The van der Waals surface area contributed by atoms with Crippen LogP contribution in [0.15, 0.2) is 0 Å². The van der Waals surface area contributed by atoms with Gasteiger partial charge in [0, 0.05) is 31.4 Å². The van der Waals surface area contributed by atoms with Gasteiger partial charge in [-0.15, -0.1) is 24.8 Å². The lowest BCUT2D eigenvalue weighted by molar-refractivity contribution is -0.131. The molecule has 1 amide bonds. The third-order valence-electron chi connectivity index (χ3n) is 4.45. The second-order valence-corrected chi connectivity index (χ2v) is 5.83. The Bertz CT molecular complexity index is 482. The Balaban J connectivity index is 0.00000220. The minimum atomic E-state index is 0. The Morgan fingerprint density at radius 1 is 1.27 bits per heavy atom. The highest BCUT2D eigenvalue weighted by Gasteiger charge is 2.23. The molecular weight excluding hydrogens is 323 g/mol. The third-order valence-corrected chi connectivity index (χ3v) is 4.45. The largest absolute Gasteiger partial charge is 0.342 e. The van der Waals surface area contributed by atoms with E-state index in [9.17, 15) is 4.79 Å². The van der Waals surface area contributed by atoms with Gasteiger partial charge in [0.25, 0.3) is 0 Å². The Morgan fingerprint density at radius 3 is 2.32 bits per heavy atom. The number of nitrogens with zero attached hydrogens (tertiary/aromatic N) is 3. The van der Waals surface area contributed by atoms with Crippen molar-refractivity contribution in [2.75, 3.05) is 26.7 Å². The van der Waals surface area contributed by atoms with E-state index in [1.807, 2.05) is 37.5 Å². The lowest BCUT2D eigenvalue weighted by atomic mass is 9.96. The number of halogens is 2. The summed E-state index contributed by atoms with van der Waals surface area (Å²) in [5, 5.41) is 7.61. The number of aromatic nitrogens is 2. The van der Waals surface area contributed by atoms with Gasteiger partial charge in [-0.3, -0.25) is 9.48 Å². The quantitative estimate of drug-likeness (QED) is 0.901. The molecule has 1 aliphatic heterocycles. The fourth-order valence-corrected chi connectivity index (χ4v) is 3.01. The molecule has 7 heteroatoms. The number of carbonyl (C=O) groups excluding carboxylic acids is 1. The first-order valence-corrected chi connectivity index (χ1v) is 7.44. The Labute approximate surface area is 145 Å². The van der Waals surface area contributed by atoms with E-state index >= 15 is 0 Å². The molecule has 22 heavy (non-hydrogen) atoms. The molecule has 2 rings (SSSR count). The molecule has 0 bridgehead atoms.